The molecule has 0 spiro atoms. The highest BCUT2D eigenvalue weighted by molar-refractivity contribution is 5.82. The topological polar surface area (TPSA) is 115 Å². The van der Waals surface area contributed by atoms with Gasteiger partial charge in [-0.15, -0.1) is 0 Å². The Bertz CT molecular complexity index is 1310. The Labute approximate surface area is 202 Å². The summed E-state index contributed by atoms with van der Waals surface area (Å²) in [6.45, 7) is 2.25. The number of carbonyl (C=O) groups excluding carboxylic acids is 1. The molecule has 0 bridgehead atoms. The number of rotatable bonds is 5. The minimum absolute atomic E-state index is 0.0262. The minimum atomic E-state index is -0.404. The van der Waals surface area contributed by atoms with Crippen molar-refractivity contribution in [3.8, 4) is 6.07 Å². The van der Waals surface area contributed by atoms with E-state index >= 15 is 0 Å². The molecule has 0 radical (unpaired) electrons. The van der Waals surface area contributed by atoms with Gasteiger partial charge >= 0.3 is 0 Å². The zero-order valence-electron chi connectivity index (χ0n) is 19.0. The first kappa shape index (κ1) is 22.3. The van der Waals surface area contributed by atoms with Gasteiger partial charge in [0.2, 0.25) is 5.91 Å². The highest BCUT2D eigenvalue weighted by Gasteiger charge is 2.42. The maximum atomic E-state index is 13.5. The molecule has 0 saturated carbocycles. The van der Waals surface area contributed by atoms with E-state index in [-0.39, 0.29) is 17.6 Å². The van der Waals surface area contributed by atoms with Crippen molar-refractivity contribution in [2.24, 2.45) is 5.92 Å². The summed E-state index contributed by atoms with van der Waals surface area (Å²) < 4.78 is 0. The van der Waals surface area contributed by atoms with Crippen LogP contribution < -0.4 is 15.1 Å². The van der Waals surface area contributed by atoms with Gasteiger partial charge in [0.05, 0.1) is 28.1 Å². The molecule has 35 heavy (non-hydrogen) atoms. The number of hydrogen-bond donors (Lipinski definition) is 1. The second-order valence-electron chi connectivity index (χ2n) is 8.80. The molecule has 1 N–H and O–H groups in total. The van der Waals surface area contributed by atoms with Crippen molar-refractivity contribution in [2.45, 2.75) is 19.0 Å². The highest BCUT2D eigenvalue weighted by Crippen LogP contribution is 2.39. The molecule has 2 aliphatic rings. The monoisotopic (exact) mass is 468 g/mol. The SMILES string of the molecule is N#Cc1ccccc1N1CCN2c3ccc([N+](=O)[O-])cc3C[C@@H](C(=O)NCc3cccnc3)[C@H]2C1. The molecule has 1 aromatic heterocycles. The van der Waals surface area contributed by atoms with Gasteiger partial charge in [-0.1, -0.05) is 18.2 Å². The Kier molecular flexibility index (Phi) is 6.02. The largest absolute Gasteiger partial charge is 0.367 e. The van der Waals surface area contributed by atoms with E-state index in [9.17, 15) is 20.2 Å². The number of hydrogen-bond acceptors (Lipinski definition) is 7. The molecule has 2 aliphatic heterocycles. The Morgan fingerprint density at radius 3 is 2.80 bits per heavy atom. The number of nitro benzene ring substituents is 1. The summed E-state index contributed by atoms with van der Waals surface area (Å²) in [5.74, 6) is -0.505. The Morgan fingerprint density at radius 1 is 1.17 bits per heavy atom. The van der Waals surface area contributed by atoms with Crippen LogP contribution in [0.25, 0.3) is 0 Å². The van der Waals surface area contributed by atoms with E-state index in [0.29, 0.717) is 38.2 Å². The van der Waals surface area contributed by atoms with Crippen molar-refractivity contribution in [1.29, 1.82) is 5.26 Å². The van der Waals surface area contributed by atoms with Gasteiger partial charge in [-0.2, -0.15) is 5.26 Å². The smallest absolute Gasteiger partial charge is 0.269 e. The molecule has 0 aliphatic carbocycles. The van der Waals surface area contributed by atoms with E-state index < -0.39 is 10.8 Å². The summed E-state index contributed by atoms with van der Waals surface area (Å²) in [6.07, 6.45) is 3.81. The van der Waals surface area contributed by atoms with Gasteiger partial charge in [-0.05, 0) is 41.8 Å². The molecule has 176 valence electrons. The number of piperazine rings is 1. The summed E-state index contributed by atoms with van der Waals surface area (Å²) in [5.41, 5.74) is 4.13. The molecule has 2 atom stereocenters. The maximum absolute atomic E-state index is 13.5. The average molecular weight is 469 g/mol. The van der Waals surface area contributed by atoms with Crippen LogP contribution in [-0.2, 0) is 17.8 Å². The molecule has 3 heterocycles. The van der Waals surface area contributed by atoms with Crippen LogP contribution in [0.2, 0.25) is 0 Å². The molecule has 3 aromatic rings. The lowest BCUT2D eigenvalue weighted by Gasteiger charge is -2.49. The number of nitrogens with zero attached hydrogens (tertiary/aromatic N) is 5. The third-order valence-corrected chi connectivity index (χ3v) is 6.80. The second-order valence-corrected chi connectivity index (χ2v) is 8.80. The number of benzene rings is 2. The molecule has 1 amide bonds. The van der Waals surface area contributed by atoms with Crippen molar-refractivity contribution in [3.05, 3.63) is 93.8 Å². The minimum Gasteiger partial charge on any atom is -0.367 e. The fraction of sp³-hybridized carbons (Fsp3) is 0.269. The summed E-state index contributed by atoms with van der Waals surface area (Å²) in [7, 11) is 0. The second kappa shape index (κ2) is 9.43. The molecule has 9 heteroatoms. The number of pyridine rings is 1. The molecular weight excluding hydrogens is 444 g/mol. The third kappa shape index (κ3) is 4.38. The molecular formula is C26H24N6O3. The van der Waals surface area contributed by atoms with Gasteiger partial charge in [0.25, 0.3) is 5.69 Å². The average Bonchev–Trinajstić information content (AvgIpc) is 2.91. The number of para-hydroxylation sites is 1. The van der Waals surface area contributed by atoms with Gasteiger partial charge in [0, 0.05) is 56.4 Å². The number of aromatic nitrogens is 1. The van der Waals surface area contributed by atoms with Crippen molar-refractivity contribution < 1.29 is 9.72 Å². The van der Waals surface area contributed by atoms with E-state index in [1.165, 1.54) is 6.07 Å². The fourth-order valence-corrected chi connectivity index (χ4v) is 5.11. The predicted octanol–water partition coefficient (Wildman–Crippen LogP) is 3.05. The van der Waals surface area contributed by atoms with Crippen LogP contribution in [0.3, 0.4) is 0 Å². The van der Waals surface area contributed by atoms with Gasteiger partial charge in [-0.25, -0.2) is 0 Å². The molecule has 2 aromatic carbocycles. The number of nitrogens with one attached hydrogen (secondary N) is 1. The summed E-state index contributed by atoms with van der Waals surface area (Å²) in [5, 5.41) is 24.0. The zero-order valence-corrected chi connectivity index (χ0v) is 19.0. The number of nitro groups is 1. The van der Waals surface area contributed by atoms with Crippen LogP contribution in [-0.4, -0.2) is 41.5 Å². The van der Waals surface area contributed by atoms with Gasteiger partial charge in [-0.3, -0.25) is 19.9 Å². The lowest BCUT2D eigenvalue weighted by molar-refractivity contribution is -0.384. The number of carbonyl (C=O) groups is 1. The summed E-state index contributed by atoms with van der Waals surface area (Å²) in [4.78, 5) is 32.9. The third-order valence-electron chi connectivity index (χ3n) is 6.80. The van der Waals surface area contributed by atoms with E-state index in [1.54, 1.807) is 30.6 Å². The Hall–Kier alpha value is -4.45. The Balaban J connectivity index is 1.46. The standard InChI is InChI=1S/C26H24N6O3/c27-14-19-5-1-2-6-23(19)30-10-11-31-24-8-7-21(32(34)35)12-20(24)13-22(25(31)17-30)26(33)29-16-18-4-3-9-28-15-18/h1-9,12,15,22,25H,10-11,13,16-17H2,(H,29,33)/t22-,25-/m1/s1. The van der Waals surface area contributed by atoms with E-state index in [4.69, 9.17) is 0 Å². The molecule has 0 unspecified atom stereocenters. The number of anilines is 2. The number of amides is 1. The number of fused-ring (bicyclic) bond motifs is 3. The highest BCUT2D eigenvalue weighted by atomic mass is 16.6. The van der Waals surface area contributed by atoms with Gasteiger partial charge in [0.15, 0.2) is 0 Å². The van der Waals surface area contributed by atoms with Crippen LogP contribution in [0.4, 0.5) is 17.1 Å². The van der Waals surface area contributed by atoms with Crippen molar-refractivity contribution in [3.63, 3.8) is 0 Å². The van der Waals surface area contributed by atoms with E-state index in [2.05, 4.69) is 26.2 Å². The van der Waals surface area contributed by atoms with E-state index in [0.717, 1.165) is 22.5 Å². The fourth-order valence-electron chi connectivity index (χ4n) is 5.11. The summed E-state index contributed by atoms with van der Waals surface area (Å²) in [6, 6.07) is 18.3. The normalized spacial score (nSPS) is 18.7. The predicted molar refractivity (Wildman–Crippen MR) is 131 cm³/mol. The molecule has 1 saturated heterocycles. The number of nitriles is 1. The van der Waals surface area contributed by atoms with Crippen LogP contribution in [0.15, 0.2) is 67.0 Å². The van der Waals surface area contributed by atoms with Crippen LogP contribution >= 0.6 is 0 Å². The lowest BCUT2D eigenvalue weighted by atomic mass is 9.83. The Morgan fingerprint density at radius 2 is 2.03 bits per heavy atom. The van der Waals surface area contributed by atoms with Crippen LogP contribution in [0.1, 0.15) is 16.7 Å². The van der Waals surface area contributed by atoms with Gasteiger partial charge < -0.3 is 15.1 Å². The molecule has 1 fully saturated rings. The first-order valence-electron chi connectivity index (χ1n) is 11.5. The van der Waals surface area contributed by atoms with E-state index in [1.807, 2.05) is 30.3 Å². The number of non-ortho nitro benzene ring substituents is 1. The zero-order chi connectivity index (χ0) is 24.4. The summed E-state index contributed by atoms with van der Waals surface area (Å²) >= 11 is 0. The quantitative estimate of drug-likeness (QED) is 0.452. The first-order chi connectivity index (χ1) is 17.0. The molecule has 5 rings (SSSR count). The van der Waals surface area contributed by atoms with Gasteiger partial charge in [0.1, 0.15) is 6.07 Å². The van der Waals surface area contributed by atoms with Crippen molar-refractivity contribution in [2.75, 3.05) is 29.4 Å². The van der Waals surface area contributed by atoms with Crippen molar-refractivity contribution in [1.82, 2.24) is 10.3 Å². The van der Waals surface area contributed by atoms with Crippen LogP contribution in [0, 0.1) is 27.4 Å². The maximum Gasteiger partial charge on any atom is 0.269 e. The van der Waals surface area contributed by atoms with Crippen molar-refractivity contribution >= 4 is 23.0 Å². The molecule has 9 nitrogen and oxygen atoms in total. The first-order valence-corrected chi connectivity index (χ1v) is 11.5. The lowest BCUT2D eigenvalue weighted by Crippen LogP contribution is -2.61. The van der Waals surface area contributed by atoms with Crippen LogP contribution in [0.5, 0.6) is 0 Å².